The van der Waals surface area contributed by atoms with E-state index in [1.165, 1.54) is 0 Å². The topological polar surface area (TPSA) is 92.4 Å². The summed E-state index contributed by atoms with van der Waals surface area (Å²) < 4.78 is 3.65. The molecule has 2 aromatic rings. The summed E-state index contributed by atoms with van der Waals surface area (Å²) in [4.78, 5) is 30.9. The lowest BCUT2D eigenvalue weighted by atomic mass is 10.1. The second-order valence-corrected chi connectivity index (χ2v) is 6.88. The third-order valence-corrected chi connectivity index (χ3v) is 5.11. The van der Waals surface area contributed by atoms with Crippen molar-refractivity contribution in [3.05, 3.63) is 24.0 Å². The molecule has 1 fully saturated rings. The molecule has 4 heterocycles. The lowest BCUT2D eigenvalue weighted by molar-refractivity contribution is -0.142. The van der Waals surface area contributed by atoms with Crippen LogP contribution in [0.3, 0.4) is 0 Å². The lowest BCUT2D eigenvalue weighted by Crippen LogP contribution is -2.58. The van der Waals surface area contributed by atoms with Crippen LogP contribution < -0.4 is 4.90 Å². The van der Waals surface area contributed by atoms with E-state index in [2.05, 4.69) is 15.3 Å². The highest BCUT2D eigenvalue weighted by Gasteiger charge is 2.37. The van der Waals surface area contributed by atoms with Gasteiger partial charge >= 0.3 is 0 Å². The smallest absolute Gasteiger partial charge is 0.246 e. The number of anilines is 1. The van der Waals surface area contributed by atoms with Crippen molar-refractivity contribution >= 4 is 17.5 Å². The first-order valence-electron chi connectivity index (χ1n) is 8.61. The second-order valence-electron chi connectivity index (χ2n) is 6.88. The minimum absolute atomic E-state index is 0.0227. The van der Waals surface area contributed by atoms with Gasteiger partial charge in [-0.1, -0.05) is 0 Å². The van der Waals surface area contributed by atoms with E-state index in [1.807, 2.05) is 30.5 Å². The molecule has 0 N–H and O–H groups in total. The van der Waals surface area contributed by atoms with Crippen molar-refractivity contribution in [2.45, 2.75) is 26.1 Å². The van der Waals surface area contributed by atoms with Gasteiger partial charge in [0, 0.05) is 26.3 Å². The Bertz CT molecular complexity index is 856. The van der Waals surface area contributed by atoms with E-state index in [0.717, 1.165) is 17.3 Å². The SMILES string of the molecule is Cc1nnc2n1CC(C(=O)N1CCN(c3cnn(C)c3)C(=O)C1)N(C)C2. The van der Waals surface area contributed by atoms with Crippen LogP contribution in [0.5, 0.6) is 0 Å². The van der Waals surface area contributed by atoms with Gasteiger partial charge in [-0.05, 0) is 14.0 Å². The first-order chi connectivity index (χ1) is 12.4. The van der Waals surface area contributed by atoms with Crippen LogP contribution in [0.4, 0.5) is 5.69 Å². The number of amides is 2. The second kappa shape index (κ2) is 6.20. The van der Waals surface area contributed by atoms with E-state index in [1.54, 1.807) is 26.9 Å². The number of fused-ring (bicyclic) bond motifs is 1. The van der Waals surface area contributed by atoms with Gasteiger partial charge in [-0.2, -0.15) is 5.10 Å². The van der Waals surface area contributed by atoms with Crippen LogP contribution >= 0.6 is 0 Å². The van der Waals surface area contributed by atoms with Gasteiger partial charge in [-0.25, -0.2) is 0 Å². The van der Waals surface area contributed by atoms with Crippen molar-refractivity contribution in [2.75, 3.05) is 31.6 Å². The summed E-state index contributed by atoms with van der Waals surface area (Å²) in [7, 11) is 3.72. The molecular formula is C16H22N8O2. The Kier molecular flexibility index (Phi) is 3.98. The third-order valence-electron chi connectivity index (χ3n) is 5.11. The van der Waals surface area contributed by atoms with E-state index >= 15 is 0 Å². The number of hydrogen-bond donors (Lipinski definition) is 0. The van der Waals surface area contributed by atoms with Crippen LogP contribution in [0, 0.1) is 6.92 Å². The van der Waals surface area contributed by atoms with Crippen LogP contribution in [0.25, 0.3) is 0 Å². The van der Waals surface area contributed by atoms with Gasteiger partial charge in [0.15, 0.2) is 0 Å². The zero-order chi connectivity index (χ0) is 18.4. The Labute approximate surface area is 151 Å². The number of aryl methyl sites for hydroxylation is 2. The highest BCUT2D eigenvalue weighted by atomic mass is 16.2. The zero-order valence-corrected chi connectivity index (χ0v) is 15.2. The van der Waals surface area contributed by atoms with Gasteiger partial charge in [0.1, 0.15) is 24.2 Å². The fraction of sp³-hybridized carbons (Fsp3) is 0.562. The molecule has 0 aliphatic carbocycles. The number of carbonyl (C=O) groups is 2. The largest absolute Gasteiger partial charge is 0.330 e. The van der Waals surface area contributed by atoms with Crippen molar-refractivity contribution in [3.63, 3.8) is 0 Å². The monoisotopic (exact) mass is 358 g/mol. The van der Waals surface area contributed by atoms with Crippen molar-refractivity contribution in [3.8, 4) is 0 Å². The predicted octanol–water partition coefficient (Wildman–Crippen LogP) is -0.991. The average molecular weight is 358 g/mol. The quantitative estimate of drug-likeness (QED) is 0.684. The minimum atomic E-state index is -0.310. The molecular weight excluding hydrogens is 336 g/mol. The molecule has 2 amide bonds. The highest BCUT2D eigenvalue weighted by molar-refractivity contribution is 5.98. The number of rotatable bonds is 2. The number of piperazine rings is 1. The molecule has 0 spiro atoms. The fourth-order valence-corrected chi connectivity index (χ4v) is 3.58. The average Bonchev–Trinajstić information content (AvgIpc) is 3.19. The van der Waals surface area contributed by atoms with E-state index in [0.29, 0.717) is 26.2 Å². The Morgan fingerprint density at radius 1 is 1.19 bits per heavy atom. The van der Waals surface area contributed by atoms with Crippen molar-refractivity contribution in [2.24, 2.45) is 7.05 Å². The fourth-order valence-electron chi connectivity index (χ4n) is 3.58. The summed E-state index contributed by atoms with van der Waals surface area (Å²) in [5.74, 6) is 1.57. The maximum atomic E-state index is 13.0. The number of hydrogen-bond acceptors (Lipinski definition) is 6. The number of aromatic nitrogens is 5. The molecule has 0 saturated carbocycles. The number of carbonyl (C=O) groups excluding carboxylic acids is 2. The van der Waals surface area contributed by atoms with Crippen LogP contribution in [-0.4, -0.2) is 78.9 Å². The molecule has 26 heavy (non-hydrogen) atoms. The Morgan fingerprint density at radius 3 is 2.69 bits per heavy atom. The third kappa shape index (κ3) is 2.75. The molecule has 138 valence electrons. The van der Waals surface area contributed by atoms with Crippen molar-refractivity contribution in [1.82, 2.24) is 34.3 Å². The molecule has 4 rings (SSSR count). The molecule has 10 heteroatoms. The summed E-state index contributed by atoms with van der Waals surface area (Å²) in [5, 5.41) is 12.3. The number of nitrogens with zero attached hydrogens (tertiary/aromatic N) is 8. The summed E-state index contributed by atoms with van der Waals surface area (Å²) in [6, 6.07) is -0.310. The normalized spacial score (nSPS) is 21.2. The van der Waals surface area contributed by atoms with Crippen LogP contribution in [0.1, 0.15) is 11.6 Å². The van der Waals surface area contributed by atoms with E-state index in [4.69, 9.17) is 0 Å². The number of likely N-dealkylation sites (N-methyl/N-ethyl adjacent to an activating group) is 1. The summed E-state index contributed by atoms with van der Waals surface area (Å²) in [6.07, 6.45) is 3.47. The van der Waals surface area contributed by atoms with Gasteiger partial charge in [0.2, 0.25) is 11.8 Å². The van der Waals surface area contributed by atoms with E-state index in [-0.39, 0.29) is 24.4 Å². The summed E-state index contributed by atoms with van der Waals surface area (Å²) in [6.45, 7) is 4.05. The molecule has 1 atom stereocenters. The van der Waals surface area contributed by atoms with Gasteiger partial charge in [-0.3, -0.25) is 19.2 Å². The first-order valence-corrected chi connectivity index (χ1v) is 8.61. The van der Waals surface area contributed by atoms with E-state index < -0.39 is 0 Å². The first kappa shape index (κ1) is 16.7. The highest BCUT2D eigenvalue weighted by Crippen LogP contribution is 2.20. The van der Waals surface area contributed by atoms with Gasteiger partial charge < -0.3 is 14.4 Å². The maximum absolute atomic E-state index is 13.0. The standard InChI is InChI=1S/C16H22N8O2/c1-11-18-19-14-9-20(2)13(8-24(11)14)16(26)22-4-5-23(15(25)10-22)12-6-17-21(3)7-12/h6-7,13H,4-5,8-10H2,1-3H3. The molecule has 1 saturated heterocycles. The van der Waals surface area contributed by atoms with Gasteiger partial charge in [0.25, 0.3) is 0 Å². The molecule has 0 radical (unpaired) electrons. The van der Waals surface area contributed by atoms with Gasteiger partial charge in [0.05, 0.1) is 25.0 Å². The van der Waals surface area contributed by atoms with Crippen molar-refractivity contribution < 1.29 is 9.59 Å². The Hall–Kier alpha value is -2.75. The molecule has 2 aromatic heterocycles. The van der Waals surface area contributed by atoms with Gasteiger partial charge in [-0.15, -0.1) is 10.2 Å². The Morgan fingerprint density at radius 2 is 2.00 bits per heavy atom. The molecule has 10 nitrogen and oxygen atoms in total. The molecule has 2 aliphatic rings. The maximum Gasteiger partial charge on any atom is 0.246 e. The zero-order valence-electron chi connectivity index (χ0n) is 15.2. The van der Waals surface area contributed by atoms with Crippen LogP contribution in [0.15, 0.2) is 12.4 Å². The molecule has 1 unspecified atom stereocenters. The lowest BCUT2D eigenvalue weighted by Gasteiger charge is -2.39. The molecule has 0 bridgehead atoms. The molecule has 2 aliphatic heterocycles. The van der Waals surface area contributed by atoms with Crippen LogP contribution in [-0.2, 0) is 29.7 Å². The van der Waals surface area contributed by atoms with Crippen LogP contribution in [0.2, 0.25) is 0 Å². The minimum Gasteiger partial charge on any atom is -0.330 e. The van der Waals surface area contributed by atoms with Crippen molar-refractivity contribution in [1.29, 1.82) is 0 Å². The summed E-state index contributed by atoms with van der Waals surface area (Å²) >= 11 is 0. The molecule has 0 aromatic carbocycles. The summed E-state index contributed by atoms with van der Waals surface area (Å²) in [5.41, 5.74) is 0.768. The van der Waals surface area contributed by atoms with E-state index in [9.17, 15) is 9.59 Å². The Balaban J connectivity index is 1.46. The predicted molar refractivity (Wildman–Crippen MR) is 92.2 cm³/mol.